The summed E-state index contributed by atoms with van der Waals surface area (Å²) in [5.74, 6) is 0. The molecule has 0 aliphatic carbocycles. The van der Waals surface area contributed by atoms with Crippen molar-refractivity contribution in [3.05, 3.63) is 0 Å². The van der Waals surface area contributed by atoms with E-state index in [-0.39, 0.29) is 72.6 Å². The van der Waals surface area contributed by atoms with E-state index in [1.165, 1.54) is 0 Å². The molecule has 0 saturated heterocycles. The van der Waals surface area contributed by atoms with E-state index in [1.54, 1.807) is 0 Å². The molecule has 22 valence electrons. The smallest absolute Gasteiger partial charge is 0 e. The van der Waals surface area contributed by atoms with Crippen molar-refractivity contribution in [1.29, 1.82) is 0 Å². The largest absolute Gasteiger partial charge is 0.197 e. The molecule has 4 heavy (non-hydrogen) atoms. The normalized spacial score (nSPS) is 0. The second kappa shape index (κ2) is 18.9. The Labute approximate surface area is 71.8 Å². The molecule has 0 bridgehead atoms. The predicted octanol–water partition coefficient (Wildman–Crippen LogP) is -0.536. The molecule has 0 nitrogen and oxygen atoms in total. The van der Waals surface area contributed by atoms with Crippen LogP contribution in [0.5, 0.6) is 0 Å². The summed E-state index contributed by atoms with van der Waals surface area (Å²) >= 11 is 0. The van der Waals surface area contributed by atoms with Crippen molar-refractivity contribution < 1.29 is 0 Å². The molecule has 0 spiro atoms. The van der Waals surface area contributed by atoms with E-state index in [1.807, 2.05) is 0 Å². The molecule has 0 N–H and O–H groups in total. The minimum Gasteiger partial charge on any atom is -0.197 e. The van der Waals surface area contributed by atoms with Crippen molar-refractivity contribution in [1.82, 2.24) is 0 Å². The van der Waals surface area contributed by atoms with Crippen LogP contribution in [-0.2, 0) is 0 Å². The first-order valence-electron chi connectivity index (χ1n) is 0. The standard InChI is InChI=1S/Ga.In.2H2S/h;;2*1H2. The van der Waals surface area contributed by atoms with Gasteiger partial charge in [-0.1, -0.05) is 0 Å². The van der Waals surface area contributed by atoms with Gasteiger partial charge in [-0.15, -0.1) is 0 Å². The maximum absolute atomic E-state index is 0. The molecule has 0 aliphatic heterocycles. The molecule has 0 fully saturated rings. The van der Waals surface area contributed by atoms with Crippen LogP contribution in [0, 0.1) is 0 Å². The first kappa shape index (κ1) is 34.6. The molecule has 6 radical (unpaired) electrons. The van der Waals surface area contributed by atoms with Gasteiger partial charge in [0.05, 0.1) is 0 Å². The third kappa shape index (κ3) is 8.88. The van der Waals surface area contributed by atoms with E-state index in [0.29, 0.717) is 0 Å². The van der Waals surface area contributed by atoms with Crippen LogP contribution >= 0.6 is 27.0 Å². The SMILES string of the molecule is S.S.[Ga].[In]. The summed E-state index contributed by atoms with van der Waals surface area (Å²) in [6.45, 7) is 0. The zero-order valence-corrected chi connectivity index (χ0v) is 9.87. The summed E-state index contributed by atoms with van der Waals surface area (Å²) in [5, 5.41) is 0. The summed E-state index contributed by atoms with van der Waals surface area (Å²) in [7, 11) is 0. The van der Waals surface area contributed by atoms with Crippen molar-refractivity contribution in [2.45, 2.75) is 0 Å². The van der Waals surface area contributed by atoms with Gasteiger partial charge >= 0.3 is 0 Å². The van der Waals surface area contributed by atoms with Gasteiger partial charge in [0.25, 0.3) is 0 Å². The summed E-state index contributed by atoms with van der Waals surface area (Å²) < 4.78 is 0. The van der Waals surface area contributed by atoms with Crippen molar-refractivity contribution in [2.75, 3.05) is 0 Å². The molecule has 0 rings (SSSR count). The average Bonchev–Trinajstić information content (AvgIpc) is 0. The first-order chi connectivity index (χ1) is 0. The fraction of sp³-hybridized carbons (Fsp3) is 0. The van der Waals surface area contributed by atoms with Crippen LogP contribution in [0.4, 0.5) is 0 Å². The Bertz CT molecular complexity index is 6.00. The minimum atomic E-state index is 0. The first-order valence-corrected chi connectivity index (χ1v) is 0. The zero-order chi connectivity index (χ0) is 0. The molecule has 0 aromatic rings. The van der Waals surface area contributed by atoms with Crippen LogP contribution in [0.1, 0.15) is 0 Å². The molecule has 0 aliphatic rings. The van der Waals surface area contributed by atoms with Crippen LogP contribution < -0.4 is 0 Å². The summed E-state index contributed by atoms with van der Waals surface area (Å²) in [4.78, 5) is 0. The molecular formula is H4GaInS2. The zero-order valence-electron chi connectivity index (χ0n) is 2.15. The topological polar surface area (TPSA) is 0 Å². The van der Waals surface area contributed by atoms with E-state index < -0.39 is 0 Å². The quantitative estimate of drug-likeness (QED) is 0.509. The van der Waals surface area contributed by atoms with Crippen LogP contribution in [0.2, 0.25) is 0 Å². The van der Waals surface area contributed by atoms with Crippen LogP contribution in [-0.4, -0.2) is 45.6 Å². The van der Waals surface area contributed by atoms with Gasteiger partial charge in [-0.25, -0.2) is 0 Å². The molecular weight excluding hydrogens is 249 g/mol. The summed E-state index contributed by atoms with van der Waals surface area (Å²) in [6, 6.07) is 0. The Morgan fingerprint density at radius 3 is 0.750 bits per heavy atom. The number of rotatable bonds is 0. The second-order valence-corrected chi connectivity index (χ2v) is 0. The van der Waals surface area contributed by atoms with Crippen molar-refractivity contribution in [3.63, 3.8) is 0 Å². The van der Waals surface area contributed by atoms with E-state index >= 15 is 0 Å². The minimum absolute atomic E-state index is 0. The molecule has 0 unspecified atom stereocenters. The van der Waals surface area contributed by atoms with Crippen LogP contribution in [0.3, 0.4) is 0 Å². The predicted molar refractivity (Wildman–Crippen MR) is 32.3 cm³/mol. The number of hydrogen-bond acceptors (Lipinski definition) is 0. The Balaban J connectivity index is 0. The van der Waals surface area contributed by atoms with E-state index in [0.717, 1.165) is 0 Å². The fourth-order valence-corrected chi connectivity index (χ4v) is 0. The maximum Gasteiger partial charge on any atom is 0 e. The van der Waals surface area contributed by atoms with E-state index in [9.17, 15) is 0 Å². The van der Waals surface area contributed by atoms with Gasteiger partial charge in [-0.3, -0.25) is 0 Å². The van der Waals surface area contributed by atoms with Gasteiger partial charge in [0, 0.05) is 45.6 Å². The number of hydrogen-bond donors (Lipinski definition) is 0. The van der Waals surface area contributed by atoms with E-state index in [2.05, 4.69) is 0 Å². The summed E-state index contributed by atoms with van der Waals surface area (Å²) in [6.07, 6.45) is 0. The molecule has 0 aromatic heterocycles. The summed E-state index contributed by atoms with van der Waals surface area (Å²) in [5.41, 5.74) is 0. The van der Waals surface area contributed by atoms with Crippen molar-refractivity contribution in [2.24, 2.45) is 0 Å². The van der Waals surface area contributed by atoms with Gasteiger partial charge in [-0.05, 0) is 0 Å². The van der Waals surface area contributed by atoms with Gasteiger partial charge < -0.3 is 0 Å². The fourth-order valence-electron chi connectivity index (χ4n) is 0. The Morgan fingerprint density at radius 1 is 0.750 bits per heavy atom. The van der Waals surface area contributed by atoms with Gasteiger partial charge in [0.2, 0.25) is 0 Å². The molecule has 0 aromatic carbocycles. The van der Waals surface area contributed by atoms with Crippen molar-refractivity contribution in [3.8, 4) is 0 Å². The van der Waals surface area contributed by atoms with Crippen molar-refractivity contribution >= 4 is 72.6 Å². The van der Waals surface area contributed by atoms with E-state index in [4.69, 9.17) is 0 Å². The maximum atomic E-state index is 0. The van der Waals surface area contributed by atoms with Gasteiger partial charge in [-0.2, -0.15) is 27.0 Å². The molecule has 0 saturated carbocycles. The second-order valence-electron chi connectivity index (χ2n) is 0. The van der Waals surface area contributed by atoms with Gasteiger partial charge in [0.1, 0.15) is 0 Å². The Hall–Kier alpha value is 2.21. The molecule has 4 heteroatoms. The van der Waals surface area contributed by atoms with Gasteiger partial charge in [0.15, 0.2) is 0 Å². The third-order valence-electron chi connectivity index (χ3n) is 0. The van der Waals surface area contributed by atoms with Crippen LogP contribution in [0.15, 0.2) is 0 Å². The third-order valence-corrected chi connectivity index (χ3v) is 0. The van der Waals surface area contributed by atoms with Crippen LogP contribution in [0.25, 0.3) is 0 Å². The Morgan fingerprint density at radius 2 is 0.750 bits per heavy atom. The molecule has 0 atom stereocenters. The molecule has 0 amide bonds. The Kier molecular flexibility index (Phi) is 163. The molecule has 0 heterocycles. The average molecular weight is 253 g/mol. The monoisotopic (exact) mass is 252 g/mol.